The standard InChI is InChI=1S/C5H11N.2C5H13N.2C4H11N.C3H9N.CH4/c1-2-4-6-5-3-1;1-4-5(2,3)6;1-3-5(6)4-2;1-4(2)3-5;1-3-4(2)5;1-2-3-4;/h6H,1-5H2;4,6H2,1-3H3;5H,3-4,6H2,1-2H3;2*4H,3,5H2,1-2H3;2-4H2,1H3;1H4. The third kappa shape index (κ3) is 89.2. The highest BCUT2D eigenvalue weighted by Gasteiger charge is 2.03. The molecule has 0 saturated carbocycles. The lowest BCUT2D eigenvalue weighted by Gasteiger charge is -2.13. The fraction of sp³-hybridized carbons (Fsp3) is 1.00. The fourth-order valence-corrected chi connectivity index (χ4v) is 1.09. The highest BCUT2D eigenvalue weighted by Crippen LogP contribution is 1.99. The SMILES string of the molecule is C.C1CCNCC1.CC(C)CN.CCC(C)(C)N.CCC(C)N.CCC(N)CC.CCCN. The molecule has 0 aromatic heterocycles. The van der Waals surface area contributed by atoms with Gasteiger partial charge in [-0.3, -0.25) is 0 Å². The van der Waals surface area contributed by atoms with E-state index in [0.29, 0.717) is 18.0 Å². The van der Waals surface area contributed by atoms with Crippen LogP contribution in [0.2, 0.25) is 0 Å². The number of piperidine rings is 1. The zero-order valence-corrected chi connectivity index (χ0v) is 24.1. The van der Waals surface area contributed by atoms with Gasteiger partial charge in [0.05, 0.1) is 0 Å². The van der Waals surface area contributed by atoms with Gasteiger partial charge in [0.1, 0.15) is 0 Å². The minimum absolute atomic E-state index is 0. The lowest BCUT2D eigenvalue weighted by molar-refractivity contribution is 0.501. The second-order valence-corrected chi connectivity index (χ2v) is 9.53. The summed E-state index contributed by atoms with van der Waals surface area (Å²) in [6.45, 7) is 24.8. The normalized spacial score (nSPS) is 13.0. The molecule has 0 aliphatic carbocycles. The first-order valence-electron chi connectivity index (χ1n) is 13.2. The summed E-state index contributed by atoms with van der Waals surface area (Å²) in [6, 6.07) is 0.819. The van der Waals surface area contributed by atoms with Crippen molar-refractivity contribution in [1.29, 1.82) is 0 Å². The van der Waals surface area contributed by atoms with E-state index in [-0.39, 0.29) is 13.0 Å². The quantitative estimate of drug-likeness (QED) is 0.302. The van der Waals surface area contributed by atoms with Crippen LogP contribution in [0.4, 0.5) is 0 Å². The van der Waals surface area contributed by atoms with Gasteiger partial charge in [0, 0.05) is 17.6 Å². The Labute approximate surface area is 212 Å². The van der Waals surface area contributed by atoms with Gasteiger partial charge in [-0.15, -0.1) is 0 Å². The molecule has 0 spiro atoms. The lowest BCUT2D eigenvalue weighted by atomic mass is 10.1. The predicted octanol–water partition coefficient (Wildman–Crippen LogP) is 5.36. The molecular formula is C27H72N6. The Morgan fingerprint density at radius 3 is 1.12 bits per heavy atom. The van der Waals surface area contributed by atoms with Crippen LogP contribution >= 0.6 is 0 Å². The molecule has 1 aliphatic heterocycles. The molecule has 6 nitrogen and oxygen atoms in total. The van der Waals surface area contributed by atoms with Crippen LogP contribution in [0.3, 0.4) is 0 Å². The monoisotopic (exact) mass is 481 g/mol. The van der Waals surface area contributed by atoms with Crippen molar-refractivity contribution >= 4 is 0 Å². The summed E-state index contributed by atoms with van der Waals surface area (Å²) in [7, 11) is 0. The van der Waals surface area contributed by atoms with Crippen molar-refractivity contribution in [2.75, 3.05) is 26.2 Å². The van der Waals surface area contributed by atoms with Gasteiger partial charge in [-0.25, -0.2) is 0 Å². The molecule has 0 radical (unpaired) electrons. The Morgan fingerprint density at radius 1 is 0.788 bits per heavy atom. The zero-order valence-electron chi connectivity index (χ0n) is 24.1. The lowest BCUT2D eigenvalue weighted by Crippen LogP contribution is -2.30. The molecule has 0 aromatic rings. The first-order chi connectivity index (χ1) is 14.8. The Bertz CT molecular complexity index is 249. The van der Waals surface area contributed by atoms with Crippen molar-refractivity contribution in [3.8, 4) is 0 Å². The van der Waals surface area contributed by atoms with Crippen molar-refractivity contribution in [3.05, 3.63) is 0 Å². The molecule has 0 aromatic carbocycles. The van der Waals surface area contributed by atoms with Crippen molar-refractivity contribution in [3.63, 3.8) is 0 Å². The Hall–Kier alpha value is -0.240. The molecular weight excluding hydrogens is 408 g/mol. The molecule has 1 heterocycles. The average Bonchev–Trinajstić information content (AvgIpc) is 2.80. The van der Waals surface area contributed by atoms with Gasteiger partial charge >= 0.3 is 0 Å². The van der Waals surface area contributed by atoms with Crippen molar-refractivity contribution in [1.82, 2.24) is 5.32 Å². The van der Waals surface area contributed by atoms with E-state index >= 15 is 0 Å². The minimum Gasteiger partial charge on any atom is -0.330 e. The van der Waals surface area contributed by atoms with Crippen LogP contribution in [-0.2, 0) is 0 Å². The van der Waals surface area contributed by atoms with E-state index in [2.05, 4.69) is 53.8 Å². The summed E-state index contributed by atoms with van der Waals surface area (Å²) < 4.78 is 0. The van der Waals surface area contributed by atoms with Crippen LogP contribution in [-0.4, -0.2) is 43.8 Å². The van der Waals surface area contributed by atoms with Crippen molar-refractivity contribution < 1.29 is 0 Å². The maximum Gasteiger partial charge on any atom is 0.00944 e. The summed E-state index contributed by atoms with van der Waals surface area (Å²) in [6.07, 6.45) is 9.66. The molecule has 11 N–H and O–H groups in total. The van der Waals surface area contributed by atoms with E-state index in [9.17, 15) is 0 Å². The van der Waals surface area contributed by atoms with Crippen LogP contribution in [0.1, 0.15) is 128 Å². The Balaban J connectivity index is -0.0000000663. The van der Waals surface area contributed by atoms with Crippen LogP contribution in [0, 0.1) is 5.92 Å². The van der Waals surface area contributed by atoms with Gasteiger partial charge in [0.25, 0.3) is 0 Å². The number of nitrogens with two attached hydrogens (primary N) is 5. The summed E-state index contributed by atoms with van der Waals surface area (Å²) in [5.74, 6) is 0.662. The van der Waals surface area contributed by atoms with E-state index in [1.807, 2.05) is 20.8 Å². The topological polar surface area (TPSA) is 142 Å². The Morgan fingerprint density at radius 2 is 1.09 bits per heavy atom. The molecule has 1 atom stereocenters. The second kappa shape index (κ2) is 39.0. The molecule has 0 bridgehead atoms. The summed E-state index contributed by atoms with van der Waals surface area (Å²) in [4.78, 5) is 0. The maximum atomic E-state index is 5.53. The van der Waals surface area contributed by atoms with E-state index in [1.165, 1.54) is 32.4 Å². The molecule has 1 aliphatic rings. The molecule has 1 rings (SSSR count). The van der Waals surface area contributed by atoms with Crippen LogP contribution < -0.4 is 34.0 Å². The highest BCUT2D eigenvalue weighted by atomic mass is 14.9. The summed E-state index contributed by atoms with van der Waals surface area (Å²) in [5.41, 5.74) is 26.5. The zero-order chi connectivity index (χ0) is 26.4. The summed E-state index contributed by atoms with van der Waals surface area (Å²) >= 11 is 0. The van der Waals surface area contributed by atoms with E-state index < -0.39 is 0 Å². The first-order valence-corrected chi connectivity index (χ1v) is 13.2. The van der Waals surface area contributed by atoms with Crippen molar-refractivity contribution in [2.24, 2.45) is 34.6 Å². The number of hydrogen-bond donors (Lipinski definition) is 6. The molecule has 1 fully saturated rings. The van der Waals surface area contributed by atoms with Crippen LogP contribution in [0.15, 0.2) is 0 Å². The van der Waals surface area contributed by atoms with Crippen LogP contribution in [0.5, 0.6) is 0 Å². The van der Waals surface area contributed by atoms with E-state index in [4.69, 9.17) is 28.7 Å². The number of nitrogens with one attached hydrogen (secondary N) is 1. The van der Waals surface area contributed by atoms with Crippen molar-refractivity contribution in [2.45, 2.75) is 146 Å². The highest BCUT2D eigenvalue weighted by molar-refractivity contribution is 4.67. The molecule has 6 heteroatoms. The van der Waals surface area contributed by atoms with Gasteiger partial charge in [0.2, 0.25) is 0 Å². The van der Waals surface area contributed by atoms with Gasteiger partial charge in [-0.2, -0.15) is 0 Å². The van der Waals surface area contributed by atoms with Gasteiger partial charge < -0.3 is 34.0 Å². The van der Waals surface area contributed by atoms with Gasteiger partial charge in [-0.05, 0) is 97.8 Å². The molecule has 1 unspecified atom stereocenters. The third-order valence-electron chi connectivity index (χ3n) is 4.57. The number of hydrogen-bond acceptors (Lipinski definition) is 6. The average molecular weight is 481 g/mol. The number of rotatable bonds is 6. The molecule has 0 amide bonds. The smallest absolute Gasteiger partial charge is 0.00944 e. The maximum absolute atomic E-state index is 5.53. The van der Waals surface area contributed by atoms with E-state index in [0.717, 1.165) is 45.2 Å². The van der Waals surface area contributed by atoms with Gasteiger partial charge in [0.15, 0.2) is 0 Å². The molecule has 33 heavy (non-hydrogen) atoms. The first kappa shape index (κ1) is 46.1. The largest absolute Gasteiger partial charge is 0.330 e. The van der Waals surface area contributed by atoms with E-state index in [1.54, 1.807) is 0 Å². The minimum atomic E-state index is 0. The second-order valence-electron chi connectivity index (χ2n) is 9.53. The van der Waals surface area contributed by atoms with Crippen LogP contribution in [0.25, 0.3) is 0 Å². The predicted molar refractivity (Wildman–Crippen MR) is 158 cm³/mol. The van der Waals surface area contributed by atoms with Gasteiger partial charge in [-0.1, -0.05) is 62.3 Å². The summed E-state index contributed by atoms with van der Waals surface area (Å²) in [5, 5.41) is 3.28. The molecule has 1 saturated heterocycles. The fourth-order valence-electron chi connectivity index (χ4n) is 1.09. The third-order valence-corrected chi connectivity index (χ3v) is 4.57. The Kier molecular flexibility index (Phi) is 54.5. The molecule has 210 valence electrons.